The van der Waals surface area contributed by atoms with Crippen molar-refractivity contribution in [1.29, 1.82) is 0 Å². The van der Waals surface area contributed by atoms with Crippen LogP contribution in [0.5, 0.6) is 0 Å². The predicted molar refractivity (Wildman–Crippen MR) is 83.9 cm³/mol. The van der Waals surface area contributed by atoms with Crippen molar-refractivity contribution in [2.24, 2.45) is 5.41 Å². The van der Waals surface area contributed by atoms with Gasteiger partial charge in [0.15, 0.2) is 9.84 Å². The van der Waals surface area contributed by atoms with Gasteiger partial charge in [0.1, 0.15) is 11.8 Å². The van der Waals surface area contributed by atoms with Crippen LogP contribution in [0.25, 0.3) is 0 Å². The highest BCUT2D eigenvalue weighted by Crippen LogP contribution is 2.33. The molecular weight excluding hydrogens is 304 g/mol. The van der Waals surface area contributed by atoms with E-state index in [-0.39, 0.29) is 11.2 Å². The molecule has 1 atom stereocenters. The molecule has 0 unspecified atom stereocenters. The smallest absolute Gasteiger partial charge is 0.243 e. The molecule has 0 aromatic rings. The second kappa shape index (κ2) is 6.40. The van der Waals surface area contributed by atoms with Crippen molar-refractivity contribution in [2.75, 3.05) is 18.1 Å². The third kappa shape index (κ3) is 4.32. The summed E-state index contributed by atoms with van der Waals surface area (Å²) in [6.45, 7) is 4.57. The number of hydrogen-bond donors (Lipinski definition) is 2. The van der Waals surface area contributed by atoms with E-state index in [1.165, 1.54) is 18.4 Å². The zero-order valence-electron chi connectivity index (χ0n) is 13.1. The number of nitrogens with one attached hydrogen (secondary N) is 2. The zero-order chi connectivity index (χ0) is 16.4. The zero-order valence-corrected chi connectivity index (χ0v) is 14.0. The lowest BCUT2D eigenvalue weighted by Gasteiger charge is -2.32. The first kappa shape index (κ1) is 17.0. The molecule has 0 aromatic heterocycles. The Morgan fingerprint density at radius 3 is 2.73 bits per heavy atom. The minimum atomic E-state index is -3.48. The van der Waals surface area contributed by atoms with Crippen LogP contribution in [0.4, 0.5) is 0 Å². The molecule has 2 N–H and O–H groups in total. The molecule has 7 heteroatoms. The Morgan fingerprint density at radius 1 is 1.41 bits per heavy atom. The van der Waals surface area contributed by atoms with Crippen LogP contribution in [0.2, 0.25) is 0 Å². The molecule has 1 aliphatic carbocycles. The molecule has 0 spiro atoms. The molecule has 1 aliphatic heterocycles. The Bertz CT molecular complexity index is 593. The van der Waals surface area contributed by atoms with Gasteiger partial charge < -0.3 is 10.6 Å². The van der Waals surface area contributed by atoms with Gasteiger partial charge in [0.2, 0.25) is 11.8 Å². The van der Waals surface area contributed by atoms with Crippen molar-refractivity contribution >= 4 is 21.7 Å². The average molecular weight is 328 g/mol. The second-order valence-corrected chi connectivity index (χ2v) is 8.86. The molecule has 2 rings (SSSR count). The molecule has 6 nitrogen and oxygen atoms in total. The summed E-state index contributed by atoms with van der Waals surface area (Å²) in [4.78, 5) is 23.5. The van der Waals surface area contributed by atoms with Crippen molar-refractivity contribution in [3.8, 4) is 0 Å². The Labute approximate surface area is 131 Å². The van der Waals surface area contributed by atoms with Gasteiger partial charge in [-0.25, -0.2) is 8.42 Å². The highest BCUT2D eigenvalue weighted by Gasteiger charge is 2.35. The Balaban J connectivity index is 1.94. The molecule has 1 heterocycles. The maximum absolute atomic E-state index is 12.2. The Kier molecular flexibility index (Phi) is 4.94. The molecule has 22 heavy (non-hydrogen) atoms. The SMILES string of the molecule is CC(C)(CNC(=O)[C@@H]1CS(=O)(=O)CC(=O)N1)C1=CCCCC1. The van der Waals surface area contributed by atoms with Crippen LogP contribution in [0, 0.1) is 5.41 Å². The number of hydrogen-bond acceptors (Lipinski definition) is 4. The van der Waals surface area contributed by atoms with E-state index in [2.05, 4.69) is 30.6 Å². The standard InChI is InChI=1S/C15H24N2O4S/c1-15(2,11-6-4-3-5-7-11)10-16-14(19)12-8-22(20,21)9-13(18)17-12/h6,12H,3-5,7-10H2,1-2H3,(H,16,19)(H,17,18)/t12-/m0/s1. The van der Waals surface area contributed by atoms with Gasteiger partial charge in [-0.05, 0) is 25.7 Å². The van der Waals surface area contributed by atoms with Gasteiger partial charge in [-0.3, -0.25) is 9.59 Å². The Morgan fingerprint density at radius 2 is 2.14 bits per heavy atom. The fourth-order valence-corrected chi connectivity index (χ4v) is 4.27. The second-order valence-electron chi connectivity index (χ2n) is 6.75. The molecule has 2 amide bonds. The van der Waals surface area contributed by atoms with Crippen molar-refractivity contribution in [2.45, 2.75) is 45.6 Å². The summed E-state index contributed by atoms with van der Waals surface area (Å²) >= 11 is 0. The molecular formula is C15H24N2O4S. The molecule has 124 valence electrons. The molecule has 2 aliphatic rings. The number of allylic oxidation sites excluding steroid dienone is 1. The van der Waals surface area contributed by atoms with Crippen LogP contribution < -0.4 is 10.6 Å². The van der Waals surface area contributed by atoms with E-state index >= 15 is 0 Å². The summed E-state index contributed by atoms with van der Waals surface area (Å²) < 4.78 is 23.1. The third-order valence-electron chi connectivity index (χ3n) is 4.29. The van der Waals surface area contributed by atoms with Crippen LogP contribution in [0.3, 0.4) is 0 Å². The third-order valence-corrected chi connectivity index (χ3v) is 5.83. The van der Waals surface area contributed by atoms with Crippen molar-refractivity contribution in [3.05, 3.63) is 11.6 Å². The summed E-state index contributed by atoms with van der Waals surface area (Å²) in [5.41, 5.74) is 1.17. The minimum absolute atomic E-state index is 0.159. The molecule has 0 aromatic carbocycles. The van der Waals surface area contributed by atoms with Crippen molar-refractivity contribution in [1.82, 2.24) is 10.6 Å². The summed E-state index contributed by atoms with van der Waals surface area (Å²) in [5, 5.41) is 5.23. The van der Waals surface area contributed by atoms with Crippen molar-refractivity contribution in [3.63, 3.8) is 0 Å². The first-order valence-corrected chi connectivity index (χ1v) is 9.49. The minimum Gasteiger partial charge on any atom is -0.353 e. The van der Waals surface area contributed by atoms with Crippen LogP contribution in [-0.2, 0) is 19.4 Å². The number of sulfone groups is 1. The van der Waals surface area contributed by atoms with E-state index in [0.29, 0.717) is 6.54 Å². The summed E-state index contributed by atoms with van der Waals surface area (Å²) in [6, 6.07) is -0.984. The topological polar surface area (TPSA) is 92.3 Å². The molecule has 0 saturated carbocycles. The summed E-state index contributed by atoms with van der Waals surface area (Å²) in [6.07, 6.45) is 6.72. The number of rotatable bonds is 4. The summed E-state index contributed by atoms with van der Waals surface area (Å²) in [5.74, 6) is -1.90. The number of carbonyl (C=O) groups is 2. The summed E-state index contributed by atoms with van der Waals surface area (Å²) in [7, 11) is -3.48. The van der Waals surface area contributed by atoms with E-state index in [1.807, 2.05) is 0 Å². The van der Waals surface area contributed by atoms with Gasteiger partial charge in [0, 0.05) is 12.0 Å². The lowest BCUT2D eigenvalue weighted by Crippen LogP contribution is -2.56. The van der Waals surface area contributed by atoms with Gasteiger partial charge in [-0.1, -0.05) is 25.5 Å². The lowest BCUT2D eigenvalue weighted by atomic mass is 9.78. The largest absolute Gasteiger partial charge is 0.353 e. The fourth-order valence-electron chi connectivity index (χ4n) is 2.93. The van der Waals surface area contributed by atoms with Crippen molar-refractivity contribution < 1.29 is 18.0 Å². The number of amides is 2. The monoisotopic (exact) mass is 328 g/mol. The highest BCUT2D eigenvalue weighted by molar-refractivity contribution is 7.92. The van der Waals surface area contributed by atoms with E-state index < -0.39 is 33.4 Å². The normalized spacial score (nSPS) is 25.1. The van der Waals surface area contributed by atoms with E-state index in [1.54, 1.807) is 0 Å². The van der Waals surface area contributed by atoms with E-state index in [4.69, 9.17) is 0 Å². The van der Waals surface area contributed by atoms with Crippen LogP contribution in [0.15, 0.2) is 11.6 Å². The quantitative estimate of drug-likeness (QED) is 0.737. The van der Waals surface area contributed by atoms with Gasteiger partial charge in [0.25, 0.3) is 0 Å². The lowest BCUT2D eigenvalue weighted by molar-refractivity contribution is -0.128. The predicted octanol–water partition coefficient (Wildman–Crippen LogP) is 0.542. The van der Waals surface area contributed by atoms with E-state index in [0.717, 1.165) is 12.8 Å². The average Bonchev–Trinajstić information content (AvgIpc) is 2.43. The molecule has 1 saturated heterocycles. The van der Waals surface area contributed by atoms with Gasteiger partial charge >= 0.3 is 0 Å². The van der Waals surface area contributed by atoms with Crippen LogP contribution >= 0.6 is 0 Å². The molecule has 1 fully saturated rings. The first-order chi connectivity index (χ1) is 10.2. The maximum Gasteiger partial charge on any atom is 0.243 e. The maximum atomic E-state index is 12.2. The first-order valence-electron chi connectivity index (χ1n) is 7.67. The number of carbonyl (C=O) groups excluding carboxylic acids is 2. The van der Waals surface area contributed by atoms with Gasteiger partial charge in [-0.15, -0.1) is 0 Å². The molecule has 0 radical (unpaired) electrons. The fraction of sp³-hybridized carbons (Fsp3) is 0.733. The van der Waals surface area contributed by atoms with Crippen LogP contribution in [-0.4, -0.2) is 44.3 Å². The Hall–Kier alpha value is -1.37. The van der Waals surface area contributed by atoms with E-state index in [9.17, 15) is 18.0 Å². The highest BCUT2D eigenvalue weighted by atomic mass is 32.2. The molecule has 0 bridgehead atoms. The van der Waals surface area contributed by atoms with Gasteiger partial charge in [-0.2, -0.15) is 0 Å². The van der Waals surface area contributed by atoms with Gasteiger partial charge in [0.05, 0.1) is 5.75 Å². The van der Waals surface area contributed by atoms with Crippen LogP contribution in [0.1, 0.15) is 39.5 Å².